The highest BCUT2D eigenvalue weighted by Crippen LogP contribution is 2.17. The predicted octanol–water partition coefficient (Wildman–Crippen LogP) is 0.460. The van der Waals surface area contributed by atoms with Crippen LogP contribution in [0, 0.1) is 0 Å². The number of nitrogens with zero attached hydrogens (tertiary/aromatic N) is 3. The normalized spacial score (nSPS) is 29.7. The second kappa shape index (κ2) is 3.69. The van der Waals surface area contributed by atoms with Gasteiger partial charge in [-0.25, -0.2) is 0 Å². The van der Waals surface area contributed by atoms with E-state index in [2.05, 4.69) is 20.6 Å². The van der Waals surface area contributed by atoms with Crippen LogP contribution in [-0.4, -0.2) is 32.3 Å². The zero-order valence-corrected chi connectivity index (χ0v) is 8.50. The van der Waals surface area contributed by atoms with E-state index in [1.54, 1.807) is 0 Å². The third-order valence-electron chi connectivity index (χ3n) is 2.72. The van der Waals surface area contributed by atoms with Gasteiger partial charge in [-0.1, -0.05) is 0 Å². The zero-order valence-electron chi connectivity index (χ0n) is 7.68. The van der Waals surface area contributed by atoms with E-state index in [4.69, 9.17) is 5.73 Å². The van der Waals surface area contributed by atoms with Gasteiger partial charge in [-0.3, -0.25) is 4.90 Å². The molecule has 1 aliphatic rings. The monoisotopic (exact) mass is 198 g/mol. The van der Waals surface area contributed by atoms with E-state index in [0.717, 1.165) is 25.2 Å². The molecule has 0 bridgehead atoms. The molecule has 72 valence electrons. The van der Waals surface area contributed by atoms with E-state index in [-0.39, 0.29) is 0 Å². The van der Waals surface area contributed by atoms with Gasteiger partial charge >= 0.3 is 0 Å². The standard InChI is InChI=1S/C8H14N4S/c1-6-8(9)2-3-12(6)5-7-4-10-13-11-7/h4,6,8H,2-3,5,9H2,1H3. The Morgan fingerprint density at radius 2 is 2.62 bits per heavy atom. The van der Waals surface area contributed by atoms with E-state index in [0.29, 0.717) is 12.1 Å². The van der Waals surface area contributed by atoms with Crippen LogP contribution in [0.4, 0.5) is 0 Å². The molecule has 0 aromatic carbocycles. The summed E-state index contributed by atoms with van der Waals surface area (Å²) in [6.45, 7) is 4.16. The molecule has 1 saturated heterocycles. The first-order valence-electron chi connectivity index (χ1n) is 4.53. The highest BCUT2D eigenvalue weighted by atomic mass is 32.1. The molecular weight excluding hydrogens is 184 g/mol. The maximum atomic E-state index is 5.92. The molecule has 1 fully saturated rings. The zero-order chi connectivity index (χ0) is 9.26. The molecule has 1 aromatic rings. The number of likely N-dealkylation sites (tertiary alicyclic amines) is 1. The van der Waals surface area contributed by atoms with Gasteiger partial charge in [-0.05, 0) is 13.3 Å². The van der Waals surface area contributed by atoms with Crippen molar-refractivity contribution in [3.8, 4) is 0 Å². The average Bonchev–Trinajstić information content (AvgIpc) is 2.71. The molecule has 0 saturated carbocycles. The van der Waals surface area contributed by atoms with Gasteiger partial charge in [-0.2, -0.15) is 8.75 Å². The molecule has 4 nitrogen and oxygen atoms in total. The van der Waals surface area contributed by atoms with Gasteiger partial charge in [0.15, 0.2) is 0 Å². The van der Waals surface area contributed by atoms with Crippen molar-refractivity contribution in [2.45, 2.75) is 32.0 Å². The van der Waals surface area contributed by atoms with Crippen molar-refractivity contribution >= 4 is 11.7 Å². The number of hydrogen-bond donors (Lipinski definition) is 1. The van der Waals surface area contributed by atoms with Crippen LogP contribution in [0.15, 0.2) is 6.20 Å². The van der Waals surface area contributed by atoms with E-state index in [1.807, 2.05) is 6.20 Å². The molecular formula is C8H14N4S. The van der Waals surface area contributed by atoms with Crippen molar-refractivity contribution in [1.29, 1.82) is 0 Å². The number of nitrogens with two attached hydrogens (primary N) is 1. The van der Waals surface area contributed by atoms with Crippen molar-refractivity contribution in [2.24, 2.45) is 5.73 Å². The van der Waals surface area contributed by atoms with Gasteiger partial charge < -0.3 is 5.73 Å². The summed E-state index contributed by atoms with van der Waals surface area (Å²) in [6, 6.07) is 0.799. The fraction of sp³-hybridized carbons (Fsp3) is 0.750. The SMILES string of the molecule is CC1C(N)CCN1Cc1cnsn1. The van der Waals surface area contributed by atoms with Crippen molar-refractivity contribution in [3.63, 3.8) is 0 Å². The van der Waals surface area contributed by atoms with Crippen molar-refractivity contribution in [2.75, 3.05) is 6.54 Å². The number of aromatic nitrogens is 2. The topological polar surface area (TPSA) is 55.0 Å². The molecule has 0 spiro atoms. The summed E-state index contributed by atoms with van der Waals surface area (Å²) >= 11 is 1.27. The summed E-state index contributed by atoms with van der Waals surface area (Å²) in [4.78, 5) is 2.36. The summed E-state index contributed by atoms with van der Waals surface area (Å²) in [5, 5.41) is 0. The van der Waals surface area contributed by atoms with E-state index in [1.165, 1.54) is 11.7 Å². The lowest BCUT2D eigenvalue weighted by atomic mass is 10.2. The molecule has 0 amide bonds. The lowest BCUT2D eigenvalue weighted by molar-refractivity contribution is 0.249. The van der Waals surface area contributed by atoms with Gasteiger partial charge in [-0.15, -0.1) is 0 Å². The van der Waals surface area contributed by atoms with Gasteiger partial charge in [0.2, 0.25) is 0 Å². The smallest absolute Gasteiger partial charge is 0.0883 e. The molecule has 2 rings (SSSR count). The Labute approximate surface area is 82.1 Å². The lowest BCUT2D eigenvalue weighted by Crippen LogP contribution is -2.36. The minimum absolute atomic E-state index is 0.326. The van der Waals surface area contributed by atoms with Crippen LogP contribution in [0.5, 0.6) is 0 Å². The van der Waals surface area contributed by atoms with Crippen LogP contribution in [0.1, 0.15) is 19.0 Å². The van der Waals surface area contributed by atoms with Crippen LogP contribution in [-0.2, 0) is 6.54 Å². The summed E-state index contributed by atoms with van der Waals surface area (Å²) in [5.41, 5.74) is 6.98. The molecule has 2 atom stereocenters. The van der Waals surface area contributed by atoms with Crippen molar-refractivity contribution in [3.05, 3.63) is 11.9 Å². The van der Waals surface area contributed by atoms with E-state index < -0.39 is 0 Å². The van der Waals surface area contributed by atoms with Gasteiger partial charge in [0.25, 0.3) is 0 Å². The maximum absolute atomic E-state index is 5.92. The Balaban J connectivity index is 1.96. The fourth-order valence-electron chi connectivity index (χ4n) is 1.72. The molecule has 1 aromatic heterocycles. The Morgan fingerprint density at radius 3 is 3.15 bits per heavy atom. The summed E-state index contributed by atoms with van der Waals surface area (Å²) in [5.74, 6) is 0. The first-order chi connectivity index (χ1) is 6.27. The molecule has 2 heterocycles. The largest absolute Gasteiger partial charge is 0.326 e. The third kappa shape index (κ3) is 1.87. The summed E-state index contributed by atoms with van der Waals surface area (Å²) in [7, 11) is 0. The predicted molar refractivity (Wildman–Crippen MR) is 52.4 cm³/mol. The van der Waals surface area contributed by atoms with Crippen LogP contribution < -0.4 is 5.73 Å². The fourth-order valence-corrected chi connectivity index (χ4v) is 2.14. The Morgan fingerprint density at radius 1 is 1.77 bits per heavy atom. The Hall–Kier alpha value is -0.520. The first-order valence-corrected chi connectivity index (χ1v) is 5.26. The summed E-state index contributed by atoms with van der Waals surface area (Å²) in [6.07, 6.45) is 2.93. The molecule has 2 unspecified atom stereocenters. The van der Waals surface area contributed by atoms with Crippen molar-refractivity contribution in [1.82, 2.24) is 13.6 Å². The molecule has 2 N–H and O–H groups in total. The highest BCUT2D eigenvalue weighted by Gasteiger charge is 2.27. The second-order valence-corrected chi connectivity index (χ2v) is 4.12. The van der Waals surface area contributed by atoms with E-state index >= 15 is 0 Å². The second-order valence-electron chi connectivity index (χ2n) is 3.56. The Kier molecular flexibility index (Phi) is 2.57. The number of hydrogen-bond acceptors (Lipinski definition) is 5. The quantitative estimate of drug-likeness (QED) is 0.750. The maximum Gasteiger partial charge on any atom is 0.0883 e. The van der Waals surface area contributed by atoms with Crippen LogP contribution in [0.25, 0.3) is 0 Å². The van der Waals surface area contributed by atoms with Crippen LogP contribution in [0.3, 0.4) is 0 Å². The van der Waals surface area contributed by atoms with Crippen molar-refractivity contribution < 1.29 is 0 Å². The molecule has 13 heavy (non-hydrogen) atoms. The minimum Gasteiger partial charge on any atom is -0.326 e. The first kappa shape index (κ1) is 9.05. The molecule has 1 aliphatic heterocycles. The Bertz CT molecular complexity index is 261. The molecule has 0 radical (unpaired) electrons. The minimum atomic E-state index is 0.326. The highest BCUT2D eigenvalue weighted by molar-refractivity contribution is 6.99. The van der Waals surface area contributed by atoms with Gasteiger partial charge in [0.1, 0.15) is 0 Å². The van der Waals surface area contributed by atoms with Gasteiger partial charge in [0.05, 0.1) is 23.6 Å². The van der Waals surface area contributed by atoms with Crippen LogP contribution in [0.2, 0.25) is 0 Å². The van der Waals surface area contributed by atoms with Crippen LogP contribution >= 0.6 is 11.7 Å². The lowest BCUT2D eigenvalue weighted by Gasteiger charge is -2.21. The van der Waals surface area contributed by atoms with Gasteiger partial charge in [0, 0.05) is 25.2 Å². The molecule has 0 aliphatic carbocycles. The van der Waals surface area contributed by atoms with E-state index in [9.17, 15) is 0 Å². The average molecular weight is 198 g/mol. The number of rotatable bonds is 2. The molecule has 5 heteroatoms. The summed E-state index contributed by atoms with van der Waals surface area (Å²) < 4.78 is 8.17. The third-order valence-corrected chi connectivity index (χ3v) is 3.23.